The molecule has 1 atom stereocenters. The van der Waals surface area contributed by atoms with Gasteiger partial charge in [0.1, 0.15) is 5.75 Å². The molecule has 3 aromatic rings. The minimum atomic E-state index is -0.831. The average Bonchev–Trinajstić information content (AvgIpc) is 2.77. The number of benzene rings is 2. The highest BCUT2D eigenvalue weighted by Crippen LogP contribution is 2.34. The third kappa shape index (κ3) is 3.20. The van der Waals surface area contributed by atoms with Crippen molar-refractivity contribution in [3.05, 3.63) is 64.6 Å². The molecule has 8 nitrogen and oxygen atoms in total. The van der Waals surface area contributed by atoms with Crippen LogP contribution in [0.5, 0.6) is 5.75 Å². The average molecular weight is 406 g/mol. The van der Waals surface area contributed by atoms with Gasteiger partial charge in [0.05, 0.1) is 17.6 Å². The Labute approximate surface area is 173 Å². The van der Waals surface area contributed by atoms with Crippen LogP contribution in [0.15, 0.2) is 53.3 Å². The van der Waals surface area contributed by atoms with Crippen LogP contribution >= 0.6 is 0 Å². The van der Waals surface area contributed by atoms with Crippen molar-refractivity contribution < 1.29 is 14.3 Å². The van der Waals surface area contributed by atoms with Crippen molar-refractivity contribution in [2.75, 3.05) is 25.5 Å². The Kier molecular flexibility index (Phi) is 4.99. The number of fused-ring (bicyclic) bond motifs is 2. The molecular formula is C22H22N4O4. The van der Waals surface area contributed by atoms with Crippen LogP contribution in [0.1, 0.15) is 17.4 Å². The smallest absolute Gasteiger partial charge is 0.279 e. The molecule has 0 aliphatic carbocycles. The second-order valence-electron chi connectivity index (χ2n) is 7.24. The summed E-state index contributed by atoms with van der Waals surface area (Å²) in [6, 6.07) is 14.0. The predicted octanol–water partition coefficient (Wildman–Crippen LogP) is 1.91. The Balaban J connectivity index is 1.86. The number of para-hydroxylation sites is 2. The standard InChI is InChI=1S/C22H22N4O4/c1-4-26-20(27)15-10-6-5-9-14(15)19(23-26)22(29)25-13-18(21(28)24(2)3)30-17-12-8-7-11-16(17)25/h5-12,18H,4,13H2,1-3H3. The third-order valence-electron chi connectivity index (χ3n) is 5.10. The number of carbonyl (C=O) groups excluding carboxylic acids is 2. The van der Waals surface area contributed by atoms with Crippen molar-refractivity contribution in [1.82, 2.24) is 14.7 Å². The number of amides is 2. The minimum Gasteiger partial charge on any atom is -0.476 e. The van der Waals surface area contributed by atoms with E-state index >= 15 is 0 Å². The van der Waals surface area contributed by atoms with Gasteiger partial charge in [-0.3, -0.25) is 19.3 Å². The first kappa shape index (κ1) is 19.6. The third-order valence-corrected chi connectivity index (χ3v) is 5.10. The molecule has 0 spiro atoms. The first-order chi connectivity index (χ1) is 14.4. The van der Waals surface area contributed by atoms with Gasteiger partial charge in [-0.05, 0) is 25.1 Å². The summed E-state index contributed by atoms with van der Waals surface area (Å²) >= 11 is 0. The fraction of sp³-hybridized carbons (Fsp3) is 0.273. The van der Waals surface area contributed by atoms with Gasteiger partial charge in [-0.25, -0.2) is 4.68 Å². The van der Waals surface area contributed by atoms with Gasteiger partial charge >= 0.3 is 0 Å². The van der Waals surface area contributed by atoms with E-state index in [0.29, 0.717) is 28.8 Å². The molecule has 0 radical (unpaired) electrons. The number of hydrogen-bond donors (Lipinski definition) is 0. The molecule has 0 fully saturated rings. The highest BCUT2D eigenvalue weighted by atomic mass is 16.5. The van der Waals surface area contributed by atoms with Crippen molar-refractivity contribution in [1.29, 1.82) is 0 Å². The number of ether oxygens (including phenoxy) is 1. The molecule has 4 rings (SSSR count). The molecule has 2 amide bonds. The number of anilines is 1. The second-order valence-corrected chi connectivity index (χ2v) is 7.24. The summed E-state index contributed by atoms with van der Waals surface area (Å²) in [5.41, 5.74) is 0.484. The van der Waals surface area contributed by atoms with Crippen LogP contribution < -0.4 is 15.2 Å². The maximum absolute atomic E-state index is 13.7. The second kappa shape index (κ2) is 7.62. The number of nitrogens with zero attached hydrogens (tertiary/aromatic N) is 4. The molecule has 30 heavy (non-hydrogen) atoms. The highest BCUT2D eigenvalue weighted by Gasteiger charge is 2.36. The molecular weight excluding hydrogens is 384 g/mol. The normalized spacial score (nSPS) is 15.4. The van der Waals surface area contributed by atoms with Gasteiger partial charge in [-0.2, -0.15) is 5.10 Å². The van der Waals surface area contributed by atoms with Gasteiger partial charge in [0.15, 0.2) is 11.8 Å². The van der Waals surface area contributed by atoms with Gasteiger partial charge in [0.2, 0.25) is 0 Å². The number of likely N-dealkylation sites (N-methyl/N-ethyl adjacent to an activating group) is 1. The van der Waals surface area contributed by atoms with Gasteiger partial charge < -0.3 is 9.64 Å². The Hall–Kier alpha value is -3.68. The predicted molar refractivity (Wildman–Crippen MR) is 113 cm³/mol. The zero-order valence-corrected chi connectivity index (χ0v) is 17.0. The zero-order chi connectivity index (χ0) is 21.4. The van der Waals surface area contributed by atoms with E-state index in [2.05, 4.69) is 5.10 Å². The van der Waals surface area contributed by atoms with E-state index < -0.39 is 6.10 Å². The molecule has 1 aromatic heterocycles. The summed E-state index contributed by atoms with van der Waals surface area (Å²) in [7, 11) is 3.29. The lowest BCUT2D eigenvalue weighted by Gasteiger charge is -2.35. The molecule has 0 saturated heterocycles. The van der Waals surface area contributed by atoms with Crippen LogP contribution in [0.2, 0.25) is 0 Å². The lowest BCUT2D eigenvalue weighted by molar-refractivity contribution is -0.135. The largest absolute Gasteiger partial charge is 0.476 e. The molecule has 2 heterocycles. The van der Waals surface area contributed by atoms with Crippen molar-refractivity contribution in [3.8, 4) is 5.75 Å². The molecule has 1 aliphatic rings. The van der Waals surface area contributed by atoms with E-state index in [0.717, 1.165) is 0 Å². The summed E-state index contributed by atoms with van der Waals surface area (Å²) in [5, 5.41) is 5.26. The molecule has 2 aromatic carbocycles. The topological polar surface area (TPSA) is 84.7 Å². The van der Waals surface area contributed by atoms with E-state index in [1.54, 1.807) is 69.6 Å². The van der Waals surface area contributed by atoms with E-state index in [-0.39, 0.29) is 29.6 Å². The fourth-order valence-electron chi connectivity index (χ4n) is 3.58. The zero-order valence-electron chi connectivity index (χ0n) is 17.0. The first-order valence-corrected chi connectivity index (χ1v) is 9.71. The highest BCUT2D eigenvalue weighted by molar-refractivity contribution is 6.13. The minimum absolute atomic E-state index is 0.0497. The van der Waals surface area contributed by atoms with E-state index in [4.69, 9.17) is 4.74 Å². The molecule has 154 valence electrons. The van der Waals surface area contributed by atoms with Gasteiger partial charge in [-0.1, -0.05) is 30.3 Å². The lowest BCUT2D eigenvalue weighted by atomic mass is 10.1. The molecule has 1 aliphatic heterocycles. The van der Waals surface area contributed by atoms with Crippen LogP contribution in [0.3, 0.4) is 0 Å². The van der Waals surface area contributed by atoms with E-state index in [9.17, 15) is 14.4 Å². The van der Waals surface area contributed by atoms with Gasteiger partial charge in [-0.15, -0.1) is 0 Å². The van der Waals surface area contributed by atoms with E-state index in [1.807, 2.05) is 0 Å². The SMILES string of the molecule is CCn1nc(C(=O)N2CC(C(=O)N(C)C)Oc3ccccc32)c2ccccc2c1=O. The van der Waals surface area contributed by atoms with Crippen molar-refractivity contribution >= 4 is 28.3 Å². The lowest BCUT2D eigenvalue weighted by Crippen LogP contribution is -2.50. The van der Waals surface area contributed by atoms with Crippen molar-refractivity contribution in [2.24, 2.45) is 0 Å². The maximum Gasteiger partial charge on any atom is 0.279 e. The van der Waals surface area contributed by atoms with Gasteiger partial charge in [0.25, 0.3) is 17.4 Å². The van der Waals surface area contributed by atoms with Gasteiger partial charge in [0, 0.05) is 26.0 Å². The van der Waals surface area contributed by atoms with Crippen molar-refractivity contribution in [2.45, 2.75) is 19.6 Å². The Morgan fingerprint density at radius 2 is 1.77 bits per heavy atom. The summed E-state index contributed by atoms with van der Waals surface area (Å²) in [5.74, 6) is -0.176. The number of rotatable bonds is 3. The quantitative estimate of drug-likeness (QED) is 0.663. The van der Waals surface area contributed by atoms with Crippen LogP contribution in [0.4, 0.5) is 5.69 Å². The molecule has 0 N–H and O–H groups in total. The van der Waals surface area contributed by atoms with Crippen LogP contribution in [-0.4, -0.2) is 53.2 Å². The molecule has 1 unspecified atom stereocenters. The maximum atomic E-state index is 13.7. The number of hydrogen-bond acceptors (Lipinski definition) is 5. The monoisotopic (exact) mass is 406 g/mol. The first-order valence-electron chi connectivity index (χ1n) is 9.71. The summed E-state index contributed by atoms with van der Waals surface area (Å²) < 4.78 is 7.14. The number of aryl methyl sites for hydroxylation is 1. The Morgan fingerprint density at radius 3 is 2.47 bits per heavy atom. The molecule has 8 heteroatoms. The summed E-state index contributed by atoms with van der Waals surface area (Å²) in [6.45, 7) is 2.19. The van der Waals surface area contributed by atoms with E-state index in [1.165, 1.54) is 14.5 Å². The molecule has 0 bridgehead atoms. The van der Waals surface area contributed by atoms with Crippen molar-refractivity contribution in [3.63, 3.8) is 0 Å². The summed E-state index contributed by atoms with van der Waals surface area (Å²) in [6.07, 6.45) is -0.831. The number of carbonyl (C=O) groups is 2. The van der Waals surface area contributed by atoms with Crippen LogP contribution in [0.25, 0.3) is 10.8 Å². The Bertz CT molecular complexity index is 1200. The molecule has 0 saturated carbocycles. The van der Waals surface area contributed by atoms with Crippen LogP contribution in [-0.2, 0) is 11.3 Å². The van der Waals surface area contributed by atoms with Crippen LogP contribution in [0, 0.1) is 0 Å². The fourth-order valence-corrected chi connectivity index (χ4v) is 3.58. The Morgan fingerprint density at radius 1 is 1.10 bits per heavy atom. The summed E-state index contributed by atoms with van der Waals surface area (Å²) in [4.78, 5) is 41.8. The number of aromatic nitrogens is 2.